The Morgan fingerprint density at radius 3 is 2.76 bits per heavy atom. The number of nitrogens with two attached hydrogens (primary N) is 1. The minimum atomic E-state index is -0.188. The number of rotatable bonds is 4. The maximum atomic E-state index is 13.5. The van der Waals surface area contributed by atoms with E-state index < -0.39 is 0 Å². The summed E-state index contributed by atoms with van der Waals surface area (Å²) in [7, 11) is 0. The molecule has 1 atom stereocenters. The highest BCUT2D eigenvalue weighted by atomic mass is 79.9. The van der Waals surface area contributed by atoms with Gasteiger partial charge in [0.25, 0.3) is 0 Å². The van der Waals surface area contributed by atoms with Gasteiger partial charge in [0.2, 0.25) is 0 Å². The summed E-state index contributed by atoms with van der Waals surface area (Å²) in [5.41, 5.74) is 5.76. The van der Waals surface area contributed by atoms with E-state index in [1.54, 1.807) is 23.5 Å². The summed E-state index contributed by atoms with van der Waals surface area (Å²) < 4.78 is 14.6. The van der Waals surface area contributed by atoms with Gasteiger partial charge < -0.3 is 5.73 Å². The zero-order valence-corrected chi connectivity index (χ0v) is 12.1. The van der Waals surface area contributed by atoms with Crippen LogP contribution < -0.4 is 5.73 Å². The van der Waals surface area contributed by atoms with Gasteiger partial charge in [-0.05, 0) is 34.1 Å². The summed E-state index contributed by atoms with van der Waals surface area (Å²) in [4.78, 5) is 1.81. The lowest BCUT2D eigenvalue weighted by Crippen LogP contribution is -2.08. The van der Waals surface area contributed by atoms with E-state index in [1.165, 1.54) is 17.8 Å². The van der Waals surface area contributed by atoms with E-state index in [0.29, 0.717) is 11.4 Å². The Hall–Kier alpha value is -0.360. The van der Waals surface area contributed by atoms with Crippen LogP contribution in [-0.4, -0.2) is 6.54 Å². The Bertz CT molecular complexity index is 501. The molecule has 2 aromatic rings. The first kappa shape index (κ1) is 13.1. The molecule has 1 nitrogen and oxygen atoms in total. The molecule has 5 heteroatoms. The first-order valence-electron chi connectivity index (χ1n) is 5.06. The van der Waals surface area contributed by atoms with Crippen LogP contribution in [0.25, 0.3) is 0 Å². The standard InChI is InChI=1S/C12H11BrFNS2/c13-8-5-11(16-7-8)12(6-15)17-10-4-2-1-3-9(10)14/h1-5,7,12H,6,15H2. The van der Waals surface area contributed by atoms with Gasteiger partial charge in [-0.15, -0.1) is 23.1 Å². The predicted molar refractivity (Wildman–Crippen MR) is 76.1 cm³/mol. The SMILES string of the molecule is NCC(Sc1ccccc1F)c1cc(Br)cs1. The molecule has 2 N–H and O–H groups in total. The van der Waals surface area contributed by atoms with Crippen molar-refractivity contribution in [3.63, 3.8) is 0 Å². The third-order valence-corrected chi connectivity index (χ3v) is 5.50. The van der Waals surface area contributed by atoms with Crippen LogP contribution in [-0.2, 0) is 0 Å². The molecular weight excluding hydrogens is 321 g/mol. The fourth-order valence-corrected chi connectivity index (χ4v) is 4.09. The van der Waals surface area contributed by atoms with E-state index >= 15 is 0 Å². The lowest BCUT2D eigenvalue weighted by Gasteiger charge is -2.12. The van der Waals surface area contributed by atoms with Gasteiger partial charge in [-0.25, -0.2) is 4.39 Å². The van der Waals surface area contributed by atoms with Crippen molar-refractivity contribution in [1.29, 1.82) is 0 Å². The molecule has 0 aliphatic heterocycles. The fourth-order valence-electron chi connectivity index (χ4n) is 1.41. The molecule has 0 aliphatic carbocycles. The van der Waals surface area contributed by atoms with Gasteiger partial charge in [-0.3, -0.25) is 0 Å². The van der Waals surface area contributed by atoms with Gasteiger partial charge in [-0.2, -0.15) is 0 Å². The van der Waals surface area contributed by atoms with Crippen LogP contribution in [0.3, 0.4) is 0 Å². The Morgan fingerprint density at radius 2 is 2.18 bits per heavy atom. The third kappa shape index (κ3) is 3.31. The van der Waals surface area contributed by atoms with Crippen LogP contribution in [0.5, 0.6) is 0 Å². The second-order valence-electron chi connectivity index (χ2n) is 3.44. The van der Waals surface area contributed by atoms with Crippen molar-refractivity contribution in [2.75, 3.05) is 6.54 Å². The number of thiophene rings is 1. The summed E-state index contributed by atoms with van der Waals surface area (Å²) in [6.07, 6.45) is 0. The Balaban J connectivity index is 2.18. The van der Waals surface area contributed by atoms with E-state index in [2.05, 4.69) is 15.9 Å². The number of halogens is 2. The average Bonchev–Trinajstić information content (AvgIpc) is 2.75. The first-order chi connectivity index (χ1) is 8.20. The fraction of sp³-hybridized carbons (Fsp3) is 0.167. The zero-order valence-electron chi connectivity index (χ0n) is 8.90. The van der Waals surface area contributed by atoms with Gasteiger partial charge in [0.1, 0.15) is 5.82 Å². The molecule has 0 radical (unpaired) electrons. The molecule has 0 fully saturated rings. The molecule has 2 rings (SSSR count). The highest BCUT2D eigenvalue weighted by molar-refractivity contribution is 9.10. The van der Waals surface area contributed by atoms with Gasteiger partial charge in [-0.1, -0.05) is 12.1 Å². The van der Waals surface area contributed by atoms with E-state index in [0.717, 1.165) is 9.35 Å². The monoisotopic (exact) mass is 331 g/mol. The molecule has 0 spiro atoms. The highest BCUT2D eigenvalue weighted by Gasteiger charge is 2.15. The molecule has 1 unspecified atom stereocenters. The average molecular weight is 332 g/mol. The molecule has 0 saturated carbocycles. The lowest BCUT2D eigenvalue weighted by molar-refractivity contribution is 0.601. The highest BCUT2D eigenvalue weighted by Crippen LogP contribution is 2.39. The third-order valence-electron chi connectivity index (χ3n) is 2.23. The Morgan fingerprint density at radius 1 is 1.41 bits per heavy atom. The smallest absolute Gasteiger partial charge is 0.136 e. The molecule has 1 aromatic heterocycles. The van der Waals surface area contributed by atoms with Gasteiger partial charge in [0, 0.05) is 26.2 Å². The predicted octanol–water partition coefficient (Wildman–Crippen LogP) is 4.44. The van der Waals surface area contributed by atoms with Crippen LogP contribution in [0.4, 0.5) is 4.39 Å². The molecular formula is C12H11BrFNS2. The largest absolute Gasteiger partial charge is 0.329 e. The molecule has 1 aromatic carbocycles. The first-order valence-corrected chi connectivity index (χ1v) is 7.61. The minimum absolute atomic E-state index is 0.100. The van der Waals surface area contributed by atoms with Crippen molar-refractivity contribution >= 4 is 39.0 Å². The zero-order chi connectivity index (χ0) is 12.3. The van der Waals surface area contributed by atoms with Crippen LogP contribution in [0.15, 0.2) is 45.1 Å². The molecule has 0 aliphatic rings. The summed E-state index contributed by atoms with van der Waals surface area (Å²) in [6.45, 7) is 0.492. The van der Waals surface area contributed by atoms with E-state index in [4.69, 9.17) is 5.73 Å². The second-order valence-corrected chi connectivity index (χ2v) is 6.54. The number of hydrogen-bond acceptors (Lipinski definition) is 3. The number of hydrogen-bond donors (Lipinski definition) is 1. The van der Waals surface area contributed by atoms with Crippen LogP contribution >= 0.6 is 39.0 Å². The summed E-state index contributed by atoms with van der Waals surface area (Å²) in [5.74, 6) is -0.188. The van der Waals surface area contributed by atoms with Gasteiger partial charge in [0.05, 0.1) is 5.25 Å². The molecule has 0 bridgehead atoms. The van der Waals surface area contributed by atoms with E-state index in [-0.39, 0.29) is 11.1 Å². The lowest BCUT2D eigenvalue weighted by atomic mass is 10.3. The number of benzene rings is 1. The summed E-state index contributed by atoms with van der Waals surface area (Å²) in [6, 6.07) is 8.82. The maximum Gasteiger partial charge on any atom is 0.136 e. The Kier molecular flexibility index (Phi) is 4.62. The normalized spacial score (nSPS) is 12.6. The Labute approximate surface area is 116 Å². The quantitative estimate of drug-likeness (QED) is 0.838. The van der Waals surface area contributed by atoms with E-state index in [9.17, 15) is 4.39 Å². The van der Waals surface area contributed by atoms with Crippen molar-refractivity contribution < 1.29 is 4.39 Å². The molecule has 0 amide bonds. The van der Waals surface area contributed by atoms with Crippen LogP contribution in [0.2, 0.25) is 0 Å². The molecule has 17 heavy (non-hydrogen) atoms. The number of thioether (sulfide) groups is 1. The molecule has 90 valence electrons. The topological polar surface area (TPSA) is 26.0 Å². The second kappa shape index (κ2) is 6.00. The summed E-state index contributed by atoms with van der Waals surface area (Å²) >= 11 is 6.52. The maximum absolute atomic E-state index is 13.5. The molecule has 1 heterocycles. The van der Waals surface area contributed by atoms with Crippen molar-refractivity contribution in [1.82, 2.24) is 0 Å². The van der Waals surface area contributed by atoms with Crippen LogP contribution in [0, 0.1) is 5.82 Å². The molecule has 0 saturated heterocycles. The van der Waals surface area contributed by atoms with Crippen molar-refractivity contribution in [2.45, 2.75) is 10.1 Å². The van der Waals surface area contributed by atoms with Gasteiger partial charge >= 0.3 is 0 Å². The summed E-state index contributed by atoms with van der Waals surface area (Å²) in [5, 5.41) is 2.11. The van der Waals surface area contributed by atoms with Crippen molar-refractivity contribution in [3.05, 3.63) is 50.9 Å². The van der Waals surface area contributed by atoms with Crippen molar-refractivity contribution in [3.8, 4) is 0 Å². The van der Waals surface area contributed by atoms with Crippen molar-refractivity contribution in [2.24, 2.45) is 5.73 Å². The van der Waals surface area contributed by atoms with Gasteiger partial charge in [0.15, 0.2) is 0 Å². The van der Waals surface area contributed by atoms with E-state index in [1.807, 2.05) is 17.5 Å². The minimum Gasteiger partial charge on any atom is -0.329 e. The van der Waals surface area contributed by atoms with Crippen LogP contribution in [0.1, 0.15) is 10.1 Å².